The molecule has 8 heteroatoms. The average molecular weight is 537 g/mol. The first-order valence-electron chi connectivity index (χ1n) is 5.07. The third-order valence-electron chi connectivity index (χ3n) is 2.27. The lowest BCUT2D eigenvalue weighted by Crippen LogP contribution is -2.22. The van der Waals surface area contributed by atoms with Crippen molar-refractivity contribution in [2.24, 2.45) is 0 Å². The van der Waals surface area contributed by atoms with Gasteiger partial charge in [-0.1, -0.05) is 12.1 Å². The first-order valence-corrected chi connectivity index (χ1v) is 10.0. The van der Waals surface area contributed by atoms with Crippen LogP contribution in [0.5, 0.6) is 0 Å². The van der Waals surface area contributed by atoms with Gasteiger partial charge in [0.1, 0.15) is 4.21 Å². The summed E-state index contributed by atoms with van der Waals surface area (Å²) in [6.07, 6.45) is 0. The van der Waals surface area contributed by atoms with Gasteiger partial charge in [0.15, 0.2) is 0 Å². The van der Waals surface area contributed by atoms with Gasteiger partial charge in [-0.05, 0) is 78.2 Å². The molecule has 0 bridgehead atoms. The van der Waals surface area contributed by atoms with Crippen molar-refractivity contribution in [3.63, 3.8) is 0 Å². The van der Waals surface area contributed by atoms with Gasteiger partial charge in [-0.25, -0.2) is 13.1 Å². The predicted molar refractivity (Wildman–Crippen MR) is 92.9 cm³/mol. The summed E-state index contributed by atoms with van der Waals surface area (Å²) in [5.41, 5.74) is 0.929. The Morgan fingerprint density at radius 3 is 2.37 bits per heavy atom. The van der Waals surface area contributed by atoms with E-state index in [1.807, 2.05) is 24.3 Å². The lowest BCUT2D eigenvalue weighted by atomic mass is 10.2. The summed E-state index contributed by atoms with van der Waals surface area (Å²) >= 11 is 9.96. The van der Waals surface area contributed by atoms with Crippen molar-refractivity contribution in [3.8, 4) is 0 Å². The van der Waals surface area contributed by atoms with Gasteiger partial charge in [0, 0.05) is 14.6 Å². The minimum absolute atomic E-state index is 0.284. The topological polar surface area (TPSA) is 46.2 Å². The summed E-state index contributed by atoms with van der Waals surface area (Å²) in [6.45, 7) is 0.284. The van der Waals surface area contributed by atoms with Crippen LogP contribution in [-0.4, -0.2) is 8.42 Å². The van der Waals surface area contributed by atoms with Gasteiger partial charge in [-0.2, -0.15) is 0 Å². The van der Waals surface area contributed by atoms with E-state index in [2.05, 4.69) is 59.2 Å². The normalized spacial score (nSPS) is 11.7. The molecule has 0 amide bonds. The third kappa shape index (κ3) is 4.24. The Kier molecular flexibility index (Phi) is 5.46. The third-order valence-corrected chi connectivity index (χ3v) is 8.12. The van der Waals surface area contributed by atoms with E-state index < -0.39 is 10.0 Å². The lowest BCUT2D eigenvalue weighted by Gasteiger charge is -2.04. The zero-order valence-corrected chi connectivity index (χ0v) is 16.3. The highest BCUT2D eigenvalue weighted by Crippen LogP contribution is 2.34. The molecule has 0 radical (unpaired) electrons. The minimum Gasteiger partial charge on any atom is -0.206 e. The van der Waals surface area contributed by atoms with Crippen molar-refractivity contribution in [1.82, 2.24) is 4.72 Å². The van der Waals surface area contributed by atoms with Crippen LogP contribution >= 0.6 is 65.8 Å². The van der Waals surface area contributed by atoms with Crippen molar-refractivity contribution >= 4 is 75.8 Å². The molecule has 1 aromatic heterocycles. The Morgan fingerprint density at radius 1 is 1.21 bits per heavy atom. The summed E-state index contributed by atoms with van der Waals surface area (Å²) in [5, 5.41) is 0. The number of thiophene rings is 1. The van der Waals surface area contributed by atoms with E-state index in [-0.39, 0.29) is 10.8 Å². The molecule has 1 N–H and O–H groups in total. The molecule has 0 unspecified atom stereocenters. The summed E-state index contributed by atoms with van der Waals surface area (Å²) in [7, 11) is -3.46. The van der Waals surface area contributed by atoms with Crippen molar-refractivity contribution in [1.29, 1.82) is 0 Å². The number of sulfonamides is 1. The molecule has 102 valence electrons. The van der Waals surface area contributed by atoms with E-state index in [9.17, 15) is 8.42 Å². The summed E-state index contributed by atoms with van der Waals surface area (Å²) in [4.78, 5) is 0. The molecule has 19 heavy (non-hydrogen) atoms. The first-order chi connectivity index (χ1) is 8.88. The van der Waals surface area contributed by atoms with Gasteiger partial charge in [-0.3, -0.25) is 0 Å². The number of hydrogen-bond donors (Lipinski definition) is 1. The molecule has 3 nitrogen and oxygen atoms in total. The molecule has 0 fully saturated rings. The van der Waals surface area contributed by atoms with Crippen LogP contribution in [0.2, 0.25) is 0 Å². The van der Waals surface area contributed by atoms with Gasteiger partial charge in [0.25, 0.3) is 0 Å². The molecule has 0 aliphatic carbocycles. The van der Waals surface area contributed by atoms with E-state index in [0.717, 1.165) is 17.4 Å². The maximum Gasteiger partial charge on any atom is 0.250 e. The average Bonchev–Trinajstić information content (AvgIpc) is 2.70. The summed E-state index contributed by atoms with van der Waals surface area (Å²) in [6, 6.07) is 9.30. The highest BCUT2D eigenvalue weighted by Gasteiger charge is 2.18. The van der Waals surface area contributed by atoms with Crippen LogP contribution in [0.15, 0.2) is 42.8 Å². The molecular formula is C11H8Br2INO2S2. The van der Waals surface area contributed by atoms with Crippen LogP contribution in [0, 0.1) is 3.57 Å². The molecule has 0 spiro atoms. The maximum absolute atomic E-state index is 12.1. The second-order valence-electron chi connectivity index (χ2n) is 3.64. The molecule has 1 aromatic carbocycles. The molecule has 0 saturated carbocycles. The smallest absolute Gasteiger partial charge is 0.206 e. The molecular weight excluding hydrogens is 529 g/mol. The summed E-state index contributed by atoms with van der Waals surface area (Å²) in [5.74, 6) is 0. The number of nitrogens with one attached hydrogen (secondary N) is 1. The molecule has 0 atom stereocenters. The van der Waals surface area contributed by atoms with E-state index in [1.54, 1.807) is 6.07 Å². The second-order valence-corrected chi connectivity index (χ2v) is 10.1. The fourth-order valence-electron chi connectivity index (χ4n) is 1.31. The molecule has 1 heterocycles. The SMILES string of the molecule is O=S(=O)(NCc1ccc(I)cc1)c1cc(Br)c(Br)s1. The van der Waals surface area contributed by atoms with Crippen molar-refractivity contribution in [3.05, 3.63) is 47.7 Å². The zero-order valence-electron chi connectivity index (χ0n) is 9.36. The van der Waals surface area contributed by atoms with Gasteiger partial charge in [0.2, 0.25) is 10.0 Å². The minimum atomic E-state index is -3.46. The van der Waals surface area contributed by atoms with Gasteiger partial charge < -0.3 is 0 Å². The number of hydrogen-bond acceptors (Lipinski definition) is 3. The zero-order chi connectivity index (χ0) is 14.0. The van der Waals surface area contributed by atoms with Crippen LogP contribution in [-0.2, 0) is 16.6 Å². The lowest BCUT2D eigenvalue weighted by molar-refractivity contribution is 0.583. The highest BCUT2D eigenvalue weighted by molar-refractivity contribution is 14.1. The van der Waals surface area contributed by atoms with Crippen molar-refractivity contribution in [2.45, 2.75) is 10.8 Å². The van der Waals surface area contributed by atoms with Crippen LogP contribution in [0.25, 0.3) is 0 Å². The van der Waals surface area contributed by atoms with Gasteiger partial charge in [0.05, 0.1) is 3.79 Å². The first kappa shape index (κ1) is 15.9. The molecule has 0 aliphatic rings. The second kappa shape index (κ2) is 6.52. The van der Waals surface area contributed by atoms with E-state index >= 15 is 0 Å². The summed E-state index contributed by atoms with van der Waals surface area (Å²) < 4.78 is 29.7. The van der Waals surface area contributed by atoms with E-state index in [0.29, 0.717) is 0 Å². The van der Waals surface area contributed by atoms with Crippen molar-refractivity contribution in [2.75, 3.05) is 0 Å². The molecule has 0 aliphatic heterocycles. The number of halogens is 3. The molecule has 0 saturated heterocycles. The quantitative estimate of drug-likeness (QED) is 0.590. The Hall–Kier alpha value is 0.520. The van der Waals surface area contributed by atoms with Crippen LogP contribution in [0.3, 0.4) is 0 Å². The van der Waals surface area contributed by atoms with E-state index in [1.165, 1.54) is 11.3 Å². The van der Waals surface area contributed by atoms with Crippen molar-refractivity contribution < 1.29 is 8.42 Å². The monoisotopic (exact) mass is 535 g/mol. The van der Waals surface area contributed by atoms with Crippen LogP contribution in [0.4, 0.5) is 0 Å². The Morgan fingerprint density at radius 2 is 1.84 bits per heavy atom. The number of benzene rings is 1. The van der Waals surface area contributed by atoms with Gasteiger partial charge >= 0.3 is 0 Å². The number of rotatable bonds is 4. The molecule has 2 aromatic rings. The highest BCUT2D eigenvalue weighted by atomic mass is 127. The van der Waals surface area contributed by atoms with E-state index in [4.69, 9.17) is 0 Å². The Bertz CT molecular complexity index is 664. The predicted octanol–water partition coefficient (Wildman–Crippen LogP) is 4.36. The largest absolute Gasteiger partial charge is 0.250 e. The van der Waals surface area contributed by atoms with Gasteiger partial charge in [-0.15, -0.1) is 11.3 Å². The Labute approximate surface area is 146 Å². The fraction of sp³-hybridized carbons (Fsp3) is 0.0909. The fourth-order valence-corrected chi connectivity index (χ4v) is 5.55. The molecule has 2 rings (SSSR count). The maximum atomic E-state index is 12.1. The van der Waals surface area contributed by atoms with Crippen LogP contribution in [0.1, 0.15) is 5.56 Å². The standard InChI is InChI=1S/C11H8Br2INO2S2/c12-9-5-10(18-11(9)13)19(16,17)15-6-7-1-3-8(14)4-2-7/h1-5,15H,6H2. The Balaban J connectivity index is 2.11. The van der Waals surface area contributed by atoms with Crippen LogP contribution < -0.4 is 4.72 Å².